The molecule has 0 aliphatic heterocycles. The van der Waals surface area contributed by atoms with Crippen LogP contribution in [0, 0.1) is 5.92 Å². The van der Waals surface area contributed by atoms with Crippen molar-refractivity contribution < 1.29 is 9.90 Å². The summed E-state index contributed by atoms with van der Waals surface area (Å²) in [4.78, 5) is 15.2. The zero-order valence-corrected chi connectivity index (χ0v) is 14.0. The van der Waals surface area contributed by atoms with E-state index in [9.17, 15) is 4.79 Å². The van der Waals surface area contributed by atoms with Crippen molar-refractivity contribution in [2.24, 2.45) is 5.92 Å². The molecule has 1 rings (SSSR count). The first-order valence-corrected chi connectivity index (χ1v) is 11.6. The van der Waals surface area contributed by atoms with Gasteiger partial charge in [-0.2, -0.15) is 0 Å². The molecule has 94 valence electrons. The first-order valence-electron chi connectivity index (χ1n) is 5.92. The molecule has 0 aliphatic carbocycles. The number of hydrogen-bond acceptors (Lipinski definition) is 1. The van der Waals surface area contributed by atoms with Gasteiger partial charge in [-0.05, 0) is 36.5 Å². The van der Waals surface area contributed by atoms with E-state index in [2.05, 4.69) is 23.7 Å². The molecule has 0 saturated carbocycles. The summed E-state index contributed by atoms with van der Waals surface area (Å²) in [5, 5.41) is 8.69. The second-order valence-corrected chi connectivity index (χ2v) is 7.29. The van der Waals surface area contributed by atoms with Crippen molar-refractivity contribution in [2.75, 3.05) is 0 Å². The number of hydrogen-bond donors (Lipinski definition) is 1. The molecule has 1 aromatic rings. The molecule has 3 heteroatoms. The third kappa shape index (κ3) is 8.24. The Morgan fingerprint density at radius 1 is 1.24 bits per heavy atom. The Kier molecular flexibility index (Phi) is 9.23. The van der Waals surface area contributed by atoms with Crippen molar-refractivity contribution in [3.8, 4) is 0 Å². The van der Waals surface area contributed by atoms with Gasteiger partial charge in [0, 0.05) is 0 Å². The van der Waals surface area contributed by atoms with Crippen LogP contribution in [-0.2, 0) is 6.42 Å². The Morgan fingerprint density at radius 3 is 2.06 bits per heavy atom. The number of aryl methyl sites for hydroxylation is 1. The monoisotopic (exact) mass is 342 g/mol. The molecular formula is C14H22O2Sn. The zero-order valence-electron chi connectivity index (χ0n) is 11.2. The molecule has 0 atom stereocenters. The third-order valence-electron chi connectivity index (χ3n) is 2.21. The van der Waals surface area contributed by atoms with Gasteiger partial charge in [-0.15, -0.1) is 0 Å². The predicted octanol–water partition coefficient (Wildman–Crippen LogP) is 3.76. The normalized spacial score (nSPS) is 9.71. The first-order chi connectivity index (χ1) is 8.01. The van der Waals surface area contributed by atoms with Crippen LogP contribution in [0.3, 0.4) is 0 Å². The van der Waals surface area contributed by atoms with Crippen LogP contribution in [0.5, 0.6) is 0 Å². The van der Waals surface area contributed by atoms with Crippen molar-refractivity contribution in [1.29, 1.82) is 0 Å². The summed E-state index contributed by atoms with van der Waals surface area (Å²) in [6.45, 7) is 4.37. The molecule has 2 radical (unpaired) electrons. The van der Waals surface area contributed by atoms with Crippen LogP contribution in [-0.4, -0.2) is 32.2 Å². The van der Waals surface area contributed by atoms with Crippen molar-refractivity contribution in [3.05, 3.63) is 35.4 Å². The summed E-state index contributed by atoms with van der Waals surface area (Å²) in [7, 11) is 0. The Hall–Kier alpha value is -0.511. The molecule has 0 aliphatic rings. The molecule has 0 heterocycles. The molecule has 0 fully saturated rings. The third-order valence-corrected chi connectivity index (χ3v) is 2.21. The van der Waals surface area contributed by atoms with Gasteiger partial charge in [-0.25, -0.2) is 4.79 Å². The second kappa shape index (κ2) is 9.51. The van der Waals surface area contributed by atoms with E-state index < -0.39 is 5.97 Å². The van der Waals surface area contributed by atoms with E-state index in [1.807, 2.05) is 12.1 Å². The fraction of sp³-hybridized carbons (Fsp3) is 0.500. The van der Waals surface area contributed by atoms with Gasteiger partial charge in [-0.1, -0.05) is 26.0 Å². The summed E-state index contributed by atoms with van der Waals surface area (Å²) in [5.41, 5.74) is 1.57. The molecule has 1 N–H and O–H groups in total. The minimum absolute atomic E-state index is 0.230. The van der Waals surface area contributed by atoms with Crippen LogP contribution >= 0.6 is 0 Å². The van der Waals surface area contributed by atoms with Gasteiger partial charge in [-0.3, -0.25) is 0 Å². The molecule has 0 unspecified atom stereocenters. The van der Waals surface area contributed by atoms with Crippen LogP contribution in [0.1, 0.15) is 36.2 Å². The molecule has 2 nitrogen and oxygen atoms in total. The molecule has 0 saturated heterocycles. The Morgan fingerprint density at radius 2 is 1.71 bits per heavy atom. The van der Waals surface area contributed by atoms with Crippen LogP contribution in [0.15, 0.2) is 24.3 Å². The molecule has 0 aromatic heterocycles. The van der Waals surface area contributed by atoms with Gasteiger partial charge >= 0.3 is 37.0 Å². The van der Waals surface area contributed by atoms with E-state index in [1.165, 1.54) is 5.56 Å². The molecule has 0 bridgehead atoms. The average molecular weight is 341 g/mol. The van der Waals surface area contributed by atoms with Gasteiger partial charge in [0.25, 0.3) is 0 Å². The van der Waals surface area contributed by atoms with Gasteiger partial charge in [0.15, 0.2) is 0 Å². The number of rotatable bonds is 4. The number of aromatic carboxylic acids is 1. The average Bonchev–Trinajstić information content (AvgIpc) is 2.28. The Labute approximate surface area is 115 Å². The van der Waals surface area contributed by atoms with E-state index in [0.717, 1.165) is 12.8 Å². The van der Waals surface area contributed by atoms with E-state index >= 15 is 0 Å². The number of carbonyl (C=O) groups is 1. The number of carboxylic acid groups (broad SMARTS) is 1. The van der Waals surface area contributed by atoms with Crippen LogP contribution in [0.2, 0.25) is 9.88 Å². The maximum atomic E-state index is 10.6. The van der Waals surface area contributed by atoms with Gasteiger partial charge in [0.1, 0.15) is 0 Å². The summed E-state index contributed by atoms with van der Waals surface area (Å²) in [5.74, 6) is -0.172. The SMILES string of the molecule is CC(C)CCc1ccc(C(=O)O)cc1.[CH3][Sn][CH3]. The topological polar surface area (TPSA) is 37.3 Å². The Bertz CT molecular complexity index is 317. The molecule has 0 spiro atoms. The quantitative estimate of drug-likeness (QED) is 0.847. The summed E-state index contributed by atoms with van der Waals surface area (Å²) >= 11 is 0.230. The molecule has 1 aromatic carbocycles. The van der Waals surface area contributed by atoms with Crippen molar-refractivity contribution in [3.63, 3.8) is 0 Å². The van der Waals surface area contributed by atoms with Crippen molar-refractivity contribution >= 4 is 27.1 Å². The summed E-state index contributed by atoms with van der Waals surface area (Å²) < 4.78 is 0. The predicted molar refractivity (Wildman–Crippen MR) is 74.0 cm³/mol. The van der Waals surface area contributed by atoms with Crippen LogP contribution in [0.4, 0.5) is 0 Å². The molecular weight excluding hydrogens is 319 g/mol. The van der Waals surface area contributed by atoms with Crippen molar-refractivity contribution in [2.45, 2.75) is 36.6 Å². The van der Waals surface area contributed by atoms with Crippen molar-refractivity contribution in [1.82, 2.24) is 0 Å². The van der Waals surface area contributed by atoms with E-state index in [1.54, 1.807) is 12.1 Å². The number of benzene rings is 1. The first kappa shape index (κ1) is 16.5. The summed E-state index contributed by atoms with van der Waals surface area (Å²) in [6, 6.07) is 7.12. The number of carboxylic acids is 1. The Balaban J connectivity index is 0.000000770. The standard InChI is InChI=1S/C12H16O2.2CH3.Sn/c1-9(2)3-4-10-5-7-11(8-6-10)12(13)14;;;/h5-9H,3-4H2,1-2H3,(H,13,14);2*1H3;. The van der Waals surface area contributed by atoms with Crippen LogP contribution < -0.4 is 0 Å². The summed E-state index contributed by atoms with van der Waals surface area (Å²) in [6.07, 6.45) is 2.17. The fourth-order valence-corrected chi connectivity index (χ4v) is 1.27. The molecule has 0 amide bonds. The van der Waals surface area contributed by atoms with E-state index in [0.29, 0.717) is 11.5 Å². The fourth-order valence-electron chi connectivity index (χ4n) is 1.27. The molecule has 17 heavy (non-hydrogen) atoms. The second-order valence-electron chi connectivity index (χ2n) is 4.43. The minimum atomic E-state index is -0.861. The van der Waals surface area contributed by atoms with Crippen LogP contribution in [0.25, 0.3) is 0 Å². The van der Waals surface area contributed by atoms with Gasteiger partial charge in [0.05, 0.1) is 5.56 Å². The van der Waals surface area contributed by atoms with Gasteiger partial charge in [0.2, 0.25) is 0 Å². The van der Waals surface area contributed by atoms with Gasteiger partial charge < -0.3 is 5.11 Å². The van der Waals surface area contributed by atoms with E-state index in [4.69, 9.17) is 5.11 Å². The van der Waals surface area contributed by atoms with E-state index in [-0.39, 0.29) is 21.1 Å². The maximum absolute atomic E-state index is 10.6. The zero-order chi connectivity index (χ0) is 13.3.